The van der Waals surface area contributed by atoms with Crippen molar-refractivity contribution < 1.29 is 14.6 Å². The van der Waals surface area contributed by atoms with Gasteiger partial charge in [0.15, 0.2) is 0 Å². The summed E-state index contributed by atoms with van der Waals surface area (Å²) in [6.07, 6.45) is 0.869. The maximum Gasteiger partial charge on any atom is 0.303 e. The lowest BCUT2D eigenvalue weighted by atomic mass is 10.0. The van der Waals surface area contributed by atoms with Crippen LogP contribution in [0.15, 0.2) is 11.4 Å². The van der Waals surface area contributed by atoms with Gasteiger partial charge in [0.2, 0.25) is 0 Å². The number of carbonyl (C=O) groups is 1. The molecule has 0 aliphatic rings. The Morgan fingerprint density at radius 3 is 3.00 bits per heavy atom. The highest BCUT2D eigenvalue weighted by molar-refractivity contribution is 7.10. The molecule has 0 fully saturated rings. The Labute approximate surface area is 87.3 Å². The second kappa shape index (κ2) is 5.00. The lowest BCUT2D eigenvalue weighted by Gasteiger charge is -2.09. The minimum absolute atomic E-state index is 0.211. The van der Waals surface area contributed by atoms with Gasteiger partial charge >= 0.3 is 5.97 Å². The van der Waals surface area contributed by atoms with Gasteiger partial charge in [-0.05, 0) is 23.8 Å². The Morgan fingerprint density at radius 1 is 1.71 bits per heavy atom. The van der Waals surface area contributed by atoms with Crippen LogP contribution in [0.2, 0.25) is 0 Å². The highest BCUT2D eigenvalue weighted by atomic mass is 32.1. The van der Waals surface area contributed by atoms with Crippen LogP contribution in [-0.2, 0) is 4.79 Å². The summed E-state index contributed by atoms with van der Waals surface area (Å²) in [5.74, 6) is 0.376. The van der Waals surface area contributed by atoms with E-state index < -0.39 is 5.97 Å². The standard InChI is InChI=1S/C10H14O3S/c1-7(3-4-9(11)12)10-8(13-2)5-6-14-10/h5-7H,3-4H2,1-2H3,(H,11,12). The van der Waals surface area contributed by atoms with E-state index in [4.69, 9.17) is 9.84 Å². The van der Waals surface area contributed by atoms with Gasteiger partial charge in [0, 0.05) is 11.3 Å². The highest BCUT2D eigenvalue weighted by Gasteiger charge is 2.13. The van der Waals surface area contributed by atoms with E-state index in [1.807, 2.05) is 18.4 Å². The van der Waals surface area contributed by atoms with E-state index >= 15 is 0 Å². The number of hydrogen-bond acceptors (Lipinski definition) is 3. The monoisotopic (exact) mass is 214 g/mol. The number of aliphatic carboxylic acids is 1. The summed E-state index contributed by atoms with van der Waals surface area (Å²) in [5.41, 5.74) is 0. The Morgan fingerprint density at radius 2 is 2.43 bits per heavy atom. The molecule has 1 aromatic rings. The van der Waals surface area contributed by atoms with E-state index in [0.717, 1.165) is 10.6 Å². The molecular weight excluding hydrogens is 200 g/mol. The van der Waals surface area contributed by atoms with E-state index in [2.05, 4.69) is 0 Å². The molecule has 4 heteroatoms. The first kappa shape index (κ1) is 11.0. The fraction of sp³-hybridized carbons (Fsp3) is 0.500. The molecule has 0 aliphatic carbocycles. The van der Waals surface area contributed by atoms with E-state index in [9.17, 15) is 4.79 Å². The largest absolute Gasteiger partial charge is 0.496 e. The molecular formula is C10H14O3S. The molecule has 0 saturated heterocycles. The first-order chi connectivity index (χ1) is 6.65. The summed E-state index contributed by atoms with van der Waals surface area (Å²) in [4.78, 5) is 11.5. The van der Waals surface area contributed by atoms with Crippen molar-refractivity contribution in [2.24, 2.45) is 0 Å². The Bertz CT molecular complexity index is 306. The first-order valence-corrected chi connectivity index (χ1v) is 5.36. The van der Waals surface area contributed by atoms with Crippen LogP contribution >= 0.6 is 11.3 Å². The van der Waals surface area contributed by atoms with Gasteiger partial charge in [0.25, 0.3) is 0 Å². The number of methoxy groups -OCH3 is 1. The molecule has 78 valence electrons. The number of thiophene rings is 1. The SMILES string of the molecule is COc1ccsc1C(C)CCC(=O)O. The van der Waals surface area contributed by atoms with E-state index in [1.165, 1.54) is 0 Å². The Kier molecular flexibility index (Phi) is 3.95. The number of carboxylic acid groups (broad SMARTS) is 1. The molecule has 0 saturated carbocycles. The van der Waals surface area contributed by atoms with Crippen LogP contribution in [0.25, 0.3) is 0 Å². The van der Waals surface area contributed by atoms with Crippen LogP contribution in [0.3, 0.4) is 0 Å². The molecule has 1 atom stereocenters. The molecule has 0 aromatic carbocycles. The number of carboxylic acids is 1. The van der Waals surface area contributed by atoms with Gasteiger partial charge in [-0.25, -0.2) is 0 Å². The van der Waals surface area contributed by atoms with Crippen LogP contribution in [0.1, 0.15) is 30.6 Å². The van der Waals surface area contributed by atoms with Crippen molar-refractivity contribution in [2.45, 2.75) is 25.7 Å². The molecule has 0 bridgehead atoms. The third-order valence-electron chi connectivity index (χ3n) is 2.12. The third-order valence-corrected chi connectivity index (χ3v) is 3.25. The van der Waals surface area contributed by atoms with E-state index in [1.54, 1.807) is 18.4 Å². The first-order valence-electron chi connectivity index (χ1n) is 4.48. The minimum Gasteiger partial charge on any atom is -0.496 e. The molecule has 0 radical (unpaired) electrons. The van der Waals surface area contributed by atoms with Crippen LogP contribution in [0, 0.1) is 0 Å². The summed E-state index contributed by atoms with van der Waals surface area (Å²) in [6, 6.07) is 1.91. The van der Waals surface area contributed by atoms with Gasteiger partial charge in [-0.3, -0.25) is 4.79 Å². The molecule has 1 unspecified atom stereocenters. The second-order valence-electron chi connectivity index (χ2n) is 3.19. The van der Waals surface area contributed by atoms with Crippen LogP contribution < -0.4 is 4.74 Å². The van der Waals surface area contributed by atoms with Crippen molar-refractivity contribution in [3.05, 3.63) is 16.3 Å². The number of ether oxygens (including phenoxy) is 1. The van der Waals surface area contributed by atoms with Crippen molar-refractivity contribution >= 4 is 17.3 Å². The maximum atomic E-state index is 10.4. The maximum absolute atomic E-state index is 10.4. The Hall–Kier alpha value is -1.03. The van der Waals surface area contributed by atoms with E-state index in [0.29, 0.717) is 6.42 Å². The summed E-state index contributed by atoms with van der Waals surface area (Å²) >= 11 is 1.62. The zero-order chi connectivity index (χ0) is 10.6. The lowest BCUT2D eigenvalue weighted by molar-refractivity contribution is -0.137. The minimum atomic E-state index is -0.743. The zero-order valence-corrected chi connectivity index (χ0v) is 9.13. The van der Waals surface area contributed by atoms with Crippen molar-refractivity contribution in [1.29, 1.82) is 0 Å². The fourth-order valence-electron chi connectivity index (χ4n) is 1.31. The molecule has 1 rings (SSSR count). The predicted octanol–water partition coefficient (Wildman–Crippen LogP) is 2.73. The van der Waals surface area contributed by atoms with Gasteiger partial charge in [-0.2, -0.15) is 0 Å². The lowest BCUT2D eigenvalue weighted by Crippen LogP contribution is -1.99. The van der Waals surface area contributed by atoms with Crippen molar-refractivity contribution in [2.75, 3.05) is 7.11 Å². The molecule has 1 N–H and O–H groups in total. The Balaban J connectivity index is 2.59. The molecule has 14 heavy (non-hydrogen) atoms. The second-order valence-corrected chi connectivity index (χ2v) is 4.13. The summed E-state index contributed by atoms with van der Waals surface area (Å²) < 4.78 is 5.18. The summed E-state index contributed by atoms with van der Waals surface area (Å²) in [5, 5.41) is 10.5. The van der Waals surface area contributed by atoms with E-state index in [-0.39, 0.29) is 12.3 Å². The average molecular weight is 214 g/mol. The third kappa shape index (κ3) is 2.73. The van der Waals surface area contributed by atoms with Crippen molar-refractivity contribution in [3.63, 3.8) is 0 Å². The van der Waals surface area contributed by atoms with Crippen LogP contribution in [0.5, 0.6) is 5.75 Å². The van der Waals surface area contributed by atoms with Gasteiger partial charge in [0.1, 0.15) is 5.75 Å². The quantitative estimate of drug-likeness (QED) is 0.819. The van der Waals surface area contributed by atoms with Gasteiger partial charge in [-0.1, -0.05) is 6.92 Å². The molecule has 1 heterocycles. The van der Waals surface area contributed by atoms with Crippen molar-refractivity contribution in [3.8, 4) is 5.75 Å². The average Bonchev–Trinajstić information content (AvgIpc) is 2.61. The van der Waals surface area contributed by atoms with Crippen LogP contribution in [0.4, 0.5) is 0 Å². The molecule has 3 nitrogen and oxygen atoms in total. The predicted molar refractivity (Wildman–Crippen MR) is 56.2 cm³/mol. The highest BCUT2D eigenvalue weighted by Crippen LogP contribution is 2.34. The van der Waals surface area contributed by atoms with Crippen LogP contribution in [-0.4, -0.2) is 18.2 Å². The molecule has 0 amide bonds. The zero-order valence-electron chi connectivity index (χ0n) is 8.32. The van der Waals surface area contributed by atoms with Crippen molar-refractivity contribution in [1.82, 2.24) is 0 Å². The topological polar surface area (TPSA) is 46.5 Å². The van der Waals surface area contributed by atoms with Gasteiger partial charge in [0.05, 0.1) is 7.11 Å². The fourth-order valence-corrected chi connectivity index (χ4v) is 2.26. The molecule has 1 aromatic heterocycles. The summed E-state index contributed by atoms with van der Waals surface area (Å²) in [6.45, 7) is 2.03. The van der Waals surface area contributed by atoms with Gasteiger partial charge in [-0.15, -0.1) is 11.3 Å². The number of rotatable bonds is 5. The molecule has 0 spiro atoms. The smallest absolute Gasteiger partial charge is 0.303 e. The normalized spacial score (nSPS) is 12.4. The van der Waals surface area contributed by atoms with Gasteiger partial charge < -0.3 is 9.84 Å². The number of hydrogen-bond donors (Lipinski definition) is 1. The summed E-state index contributed by atoms with van der Waals surface area (Å²) in [7, 11) is 1.63. The molecule has 0 aliphatic heterocycles.